The van der Waals surface area contributed by atoms with Crippen LogP contribution in [0, 0.1) is 17.6 Å². The monoisotopic (exact) mass is 311 g/mol. The standard InChI is InChI=1S/C11H16F2NO3PS/c1-6(2)5-19(17,18)14-8-4-3-7(12)9(10(8)13)11(15)16/h3-4,6,19H,5,18H2,1-2H3,(H,14,17)(H,15,16). The summed E-state index contributed by atoms with van der Waals surface area (Å²) in [5.74, 6) is -3.73. The van der Waals surface area contributed by atoms with Crippen LogP contribution in [0.5, 0.6) is 0 Å². The number of thiol groups is 1. The Hall–Kier alpha value is -1.07. The molecule has 0 saturated heterocycles. The smallest absolute Gasteiger partial charge is 0.341 e. The Morgan fingerprint density at radius 2 is 2.05 bits per heavy atom. The van der Waals surface area contributed by atoms with Crippen LogP contribution in [0.25, 0.3) is 0 Å². The lowest BCUT2D eigenvalue weighted by Gasteiger charge is -2.24. The Morgan fingerprint density at radius 3 is 2.53 bits per heavy atom. The average Bonchev–Trinajstić information content (AvgIpc) is 2.19. The Labute approximate surface area is 113 Å². The highest BCUT2D eigenvalue weighted by Crippen LogP contribution is 2.27. The normalized spacial score (nSPS) is 12.5. The second kappa shape index (κ2) is 5.92. The van der Waals surface area contributed by atoms with Gasteiger partial charge in [-0.1, -0.05) is 13.8 Å². The fourth-order valence-corrected chi connectivity index (χ4v) is 5.07. The lowest BCUT2D eigenvalue weighted by Crippen LogP contribution is -2.23. The fourth-order valence-electron chi connectivity index (χ4n) is 1.63. The molecule has 108 valence electrons. The van der Waals surface area contributed by atoms with Crippen LogP contribution in [0.2, 0.25) is 0 Å². The molecule has 1 rings (SSSR count). The highest BCUT2D eigenvalue weighted by Gasteiger charge is 2.22. The first-order chi connectivity index (χ1) is 8.64. The molecule has 0 amide bonds. The minimum absolute atomic E-state index is 0.110. The predicted octanol–water partition coefficient (Wildman–Crippen LogP) is 2.45. The van der Waals surface area contributed by atoms with Gasteiger partial charge in [0, 0.05) is 5.75 Å². The van der Waals surface area contributed by atoms with Gasteiger partial charge in [0.2, 0.25) is 0 Å². The van der Waals surface area contributed by atoms with E-state index in [-0.39, 0.29) is 17.4 Å². The third kappa shape index (κ3) is 4.21. The Bertz CT molecular complexity index is 551. The van der Waals surface area contributed by atoms with Crippen molar-refractivity contribution in [1.82, 2.24) is 0 Å². The summed E-state index contributed by atoms with van der Waals surface area (Å²) in [5.41, 5.74) is -1.34. The molecule has 1 unspecified atom stereocenters. The molecule has 0 radical (unpaired) electrons. The second-order valence-corrected chi connectivity index (χ2v) is 9.26. The molecule has 1 aromatic carbocycles. The SMILES string of the molecule is CC(C)C[SH](=O)(P)Nc1ccc(F)c(C(=O)O)c1F. The maximum Gasteiger partial charge on any atom is 0.341 e. The maximum absolute atomic E-state index is 13.8. The zero-order valence-electron chi connectivity index (χ0n) is 10.5. The summed E-state index contributed by atoms with van der Waals surface area (Å²) in [7, 11) is -0.831. The van der Waals surface area contributed by atoms with E-state index in [1.807, 2.05) is 13.8 Å². The largest absolute Gasteiger partial charge is 0.477 e. The van der Waals surface area contributed by atoms with Gasteiger partial charge >= 0.3 is 5.97 Å². The molecule has 0 aromatic heterocycles. The van der Waals surface area contributed by atoms with Crippen molar-refractivity contribution in [2.45, 2.75) is 13.8 Å². The number of benzene rings is 1. The van der Waals surface area contributed by atoms with E-state index >= 15 is 0 Å². The van der Waals surface area contributed by atoms with Crippen molar-refractivity contribution in [2.24, 2.45) is 5.92 Å². The van der Waals surface area contributed by atoms with E-state index in [0.717, 1.165) is 12.1 Å². The van der Waals surface area contributed by atoms with E-state index in [1.54, 1.807) is 0 Å². The Morgan fingerprint density at radius 1 is 1.47 bits per heavy atom. The third-order valence-corrected chi connectivity index (χ3v) is 5.16. The molecule has 0 fully saturated rings. The van der Waals surface area contributed by atoms with Crippen LogP contribution < -0.4 is 4.72 Å². The summed E-state index contributed by atoms with van der Waals surface area (Å²) >= 11 is 0. The topological polar surface area (TPSA) is 66.4 Å². The molecule has 0 aliphatic rings. The maximum atomic E-state index is 13.8. The van der Waals surface area contributed by atoms with Gasteiger partial charge in [-0.2, -0.15) is 0 Å². The first kappa shape index (κ1) is 16.0. The zero-order chi connectivity index (χ0) is 14.8. The van der Waals surface area contributed by atoms with Crippen molar-refractivity contribution < 1.29 is 22.9 Å². The molecule has 1 aromatic rings. The lowest BCUT2D eigenvalue weighted by molar-refractivity contribution is 0.0686. The highest BCUT2D eigenvalue weighted by molar-refractivity contribution is 8.46. The number of aromatic carboxylic acids is 1. The van der Waals surface area contributed by atoms with Crippen LogP contribution in [-0.4, -0.2) is 21.0 Å². The number of carbonyl (C=O) groups is 1. The Balaban J connectivity index is 3.13. The third-order valence-electron chi connectivity index (χ3n) is 2.25. The van der Waals surface area contributed by atoms with Gasteiger partial charge in [0.25, 0.3) is 0 Å². The number of hydrogen-bond acceptors (Lipinski definition) is 2. The molecular weight excluding hydrogens is 295 g/mol. The quantitative estimate of drug-likeness (QED) is 0.578. The number of nitrogens with one attached hydrogen (secondary N) is 1. The van der Waals surface area contributed by atoms with E-state index in [2.05, 4.69) is 13.2 Å². The second-order valence-electron chi connectivity index (χ2n) is 4.57. The molecule has 19 heavy (non-hydrogen) atoms. The van der Waals surface area contributed by atoms with Gasteiger partial charge in [-0.15, -0.1) is 0 Å². The zero-order valence-corrected chi connectivity index (χ0v) is 12.5. The summed E-state index contributed by atoms with van der Waals surface area (Å²) in [5, 5.41) is 8.73. The molecule has 0 saturated carbocycles. The molecule has 0 heterocycles. The van der Waals surface area contributed by atoms with Crippen molar-refractivity contribution in [3.63, 3.8) is 0 Å². The van der Waals surface area contributed by atoms with Gasteiger partial charge in [-0.3, -0.25) is 4.21 Å². The van der Waals surface area contributed by atoms with Crippen LogP contribution in [0.15, 0.2) is 12.1 Å². The first-order valence-corrected chi connectivity index (χ1v) is 9.02. The minimum Gasteiger partial charge on any atom is -0.477 e. The number of rotatable bonds is 5. The number of hydrogen-bond donors (Lipinski definition) is 3. The molecule has 0 spiro atoms. The van der Waals surface area contributed by atoms with Gasteiger partial charge in [-0.05, 0) is 36.2 Å². The molecule has 0 aliphatic carbocycles. The highest BCUT2D eigenvalue weighted by atomic mass is 32.8. The van der Waals surface area contributed by atoms with Crippen LogP contribution >= 0.6 is 8.44 Å². The van der Waals surface area contributed by atoms with Crippen LogP contribution in [0.1, 0.15) is 24.2 Å². The van der Waals surface area contributed by atoms with Crippen molar-refractivity contribution in [3.05, 3.63) is 29.3 Å². The summed E-state index contributed by atoms with van der Waals surface area (Å²) in [4.78, 5) is 10.8. The van der Waals surface area contributed by atoms with E-state index in [4.69, 9.17) is 5.11 Å². The Kier molecular flexibility index (Phi) is 4.98. The van der Waals surface area contributed by atoms with Crippen molar-refractivity contribution >= 4 is 29.8 Å². The first-order valence-electron chi connectivity index (χ1n) is 5.51. The average molecular weight is 311 g/mol. The number of halogens is 2. The number of carboxylic acid groups (broad SMARTS) is 1. The van der Waals surface area contributed by atoms with Crippen molar-refractivity contribution in [1.29, 1.82) is 0 Å². The van der Waals surface area contributed by atoms with Crippen LogP contribution in [0.4, 0.5) is 14.5 Å². The summed E-state index contributed by atoms with van der Waals surface area (Å²) in [6.45, 7) is 3.70. The molecule has 2 N–H and O–H groups in total. The summed E-state index contributed by atoms with van der Waals surface area (Å²) in [6.07, 6.45) is 0. The van der Waals surface area contributed by atoms with Gasteiger partial charge in [-0.25, -0.2) is 13.6 Å². The lowest BCUT2D eigenvalue weighted by atomic mass is 10.2. The molecule has 4 nitrogen and oxygen atoms in total. The van der Waals surface area contributed by atoms with E-state index in [0.29, 0.717) is 0 Å². The molecular formula is C11H16F2NO3PS. The molecule has 8 heteroatoms. The molecule has 1 atom stereocenters. The summed E-state index contributed by atoms with van der Waals surface area (Å²) in [6, 6.07) is 1.86. The van der Waals surface area contributed by atoms with Crippen LogP contribution in [0.3, 0.4) is 0 Å². The van der Waals surface area contributed by atoms with Gasteiger partial charge in [0.1, 0.15) is 11.4 Å². The predicted molar refractivity (Wildman–Crippen MR) is 75.9 cm³/mol. The van der Waals surface area contributed by atoms with Crippen molar-refractivity contribution in [2.75, 3.05) is 10.5 Å². The molecule has 0 aliphatic heterocycles. The van der Waals surface area contributed by atoms with Gasteiger partial charge < -0.3 is 9.83 Å². The van der Waals surface area contributed by atoms with E-state index < -0.39 is 32.9 Å². The van der Waals surface area contributed by atoms with Crippen molar-refractivity contribution in [3.8, 4) is 0 Å². The number of carboxylic acids is 1. The van der Waals surface area contributed by atoms with E-state index in [9.17, 15) is 17.8 Å². The van der Waals surface area contributed by atoms with Gasteiger partial charge in [0.05, 0.1) is 5.69 Å². The van der Waals surface area contributed by atoms with Crippen LogP contribution in [-0.2, 0) is 9.74 Å². The molecule has 0 bridgehead atoms. The summed E-state index contributed by atoms with van der Waals surface area (Å²) < 4.78 is 41.6. The minimum atomic E-state index is -2.95. The van der Waals surface area contributed by atoms with Gasteiger partial charge in [0.15, 0.2) is 5.82 Å². The number of anilines is 1. The fraction of sp³-hybridized carbons (Fsp3) is 0.364. The van der Waals surface area contributed by atoms with E-state index in [1.165, 1.54) is 0 Å².